The third kappa shape index (κ3) is 3.61. The van der Waals surface area contributed by atoms with Crippen LogP contribution in [0.5, 0.6) is 5.75 Å². The van der Waals surface area contributed by atoms with Crippen LogP contribution in [-0.4, -0.2) is 42.7 Å². The Balaban J connectivity index is 1.95. The van der Waals surface area contributed by atoms with E-state index in [0.717, 1.165) is 11.3 Å². The first kappa shape index (κ1) is 13.7. The maximum atomic E-state index is 10.1. The van der Waals surface area contributed by atoms with Crippen LogP contribution in [-0.2, 0) is 0 Å². The van der Waals surface area contributed by atoms with E-state index in [2.05, 4.69) is 4.99 Å². The lowest BCUT2D eigenvalue weighted by atomic mass is 10.1. The second-order valence-corrected chi connectivity index (χ2v) is 4.83. The van der Waals surface area contributed by atoms with E-state index in [0.29, 0.717) is 12.0 Å². The van der Waals surface area contributed by atoms with Crippen LogP contribution in [0.4, 0.5) is 0 Å². The molecule has 1 aromatic rings. The summed E-state index contributed by atoms with van der Waals surface area (Å²) in [5.74, 6) is 1.22. The Labute approximate surface area is 113 Å². The summed E-state index contributed by atoms with van der Waals surface area (Å²) < 4.78 is 5.13. The number of nitrogens with zero attached hydrogens (tertiary/aromatic N) is 2. The summed E-state index contributed by atoms with van der Waals surface area (Å²) >= 11 is 0. The van der Waals surface area contributed by atoms with Gasteiger partial charge in [-0.15, -0.1) is 0 Å². The fourth-order valence-electron chi connectivity index (χ4n) is 1.89. The van der Waals surface area contributed by atoms with Gasteiger partial charge in [-0.25, -0.2) is 0 Å². The van der Waals surface area contributed by atoms with E-state index in [1.54, 1.807) is 13.2 Å². The van der Waals surface area contributed by atoms with Crippen LogP contribution in [0.1, 0.15) is 24.5 Å². The Bertz CT molecular complexity index is 458. The summed E-state index contributed by atoms with van der Waals surface area (Å²) in [7, 11) is 3.54. The van der Waals surface area contributed by atoms with Crippen molar-refractivity contribution in [3.63, 3.8) is 0 Å². The van der Waals surface area contributed by atoms with Gasteiger partial charge in [0.25, 0.3) is 0 Å². The predicted octanol–water partition coefficient (Wildman–Crippen LogP) is 1.14. The molecule has 1 unspecified atom stereocenters. The number of aliphatic hydroxyl groups excluding tert-OH is 1. The highest BCUT2D eigenvalue weighted by Gasteiger charge is 2.27. The van der Waals surface area contributed by atoms with Gasteiger partial charge in [-0.05, 0) is 30.5 Å². The van der Waals surface area contributed by atoms with E-state index in [-0.39, 0.29) is 6.54 Å². The van der Waals surface area contributed by atoms with Crippen LogP contribution in [0.3, 0.4) is 0 Å². The molecular formula is C14H21N3O2. The predicted molar refractivity (Wildman–Crippen MR) is 75.2 cm³/mol. The molecule has 0 aromatic heterocycles. The van der Waals surface area contributed by atoms with Crippen molar-refractivity contribution < 1.29 is 9.84 Å². The number of guanidine groups is 1. The standard InChI is InChI=1S/C14H21N3O2/c1-17(11-6-7-11)14(15)16-9-13(18)10-4-3-5-12(8-10)19-2/h3-5,8,11,13,18H,6-7,9H2,1-2H3,(H2,15,16). The summed E-state index contributed by atoms with van der Waals surface area (Å²) in [4.78, 5) is 6.22. The molecule has 5 nitrogen and oxygen atoms in total. The minimum Gasteiger partial charge on any atom is -0.497 e. The van der Waals surface area contributed by atoms with Crippen molar-refractivity contribution in [2.45, 2.75) is 25.0 Å². The third-order valence-corrected chi connectivity index (χ3v) is 3.36. The Kier molecular flexibility index (Phi) is 4.27. The highest BCUT2D eigenvalue weighted by Crippen LogP contribution is 2.25. The number of benzene rings is 1. The number of ether oxygens (including phenoxy) is 1. The molecule has 0 spiro atoms. The first-order chi connectivity index (χ1) is 9.11. The Morgan fingerprint density at radius 2 is 2.32 bits per heavy atom. The van der Waals surface area contributed by atoms with E-state index in [4.69, 9.17) is 10.5 Å². The zero-order chi connectivity index (χ0) is 13.8. The van der Waals surface area contributed by atoms with Crippen LogP contribution in [0, 0.1) is 0 Å². The van der Waals surface area contributed by atoms with Gasteiger partial charge >= 0.3 is 0 Å². The Morgan fingerprint density at radius 1 is 1.58 bits per heavy atom. The molecule has 2 rings (SSSR count). The molecule has 3 N–H and O–H groups in total. The minimum atomic E-state index is -0.666. The normalized spacial score (nSPS) is 17.1. The first-order valence-electron chi connectivity index (χ1n) is 6.46. The van der Waals surface area contributed by atoms with E-state index in [9.17, 15) is 5.11 Å². The highest BCUT2D eigenvalue weighted by atomic mass is 16.5. The Morgan fingerprint density at radius 3 is 2.95 bits per heavy atom. The maximum absolute atomic E-state index is 10.1. The van der Waals surface area contributed by atoms with Crippen LogP contribution >= 0.6 is 0 Å². The van der Waals surface area contributed by atoms with Gasteiger partial charge < -0.3 is 20.5 Å². The molecule has 0 bridgehead atoms. The smallest absolute Gasteiger partial charge is 0.191 e. The molecule has 0 heterocycles. The van der Waals surface area contributed by atoms with Crippen molar-refractivity contribution in [2.24, 2.45) is 10.7 Å². The number of aliphatic imine (C=N–C) groups is 1. The summed E-state index contributed by atoms with van der Waals surface area (Å²) in [6, 6.07) is 7.87. The van der Waals surface area contributed by atoms with E-state index in [1.165, 1.54) is 12.8 Å². The summed E-state index contributed by atoms with van der Waals surface area (Å²) in [5, 5.41) is 10.1. The summed E-state index contributed by atoms with van der Waals surface area (Å²) in [6.45, 7) is 0.260. The van der Waals surface area contributed by atoms with Crippen LogP contribution in [0.25, 0.3) is 0 Å². The lowest BCUT2D eigenvalue weighted by Gasteiger charge is -2.17. The molecule has 1 aliphatic rings. The van der Waals surface area contributed by atoms with Gasteiger partial charge in [0.2, 0.25) is 0 Å². The first-order valence-corrected chi connectivity index (χ1v) is 6.46. The number of aliphatic hydroxyl groups is 1. The number of nitrogens with two attached hydrogens (primary N) is 1. The minimum absolute atomic E-state index is 0.260. The van der Waals surface area contributed by atoms with Crippen LogP contribution in [0.2, 0.25) is 0 Å². The largest absolute Gasteiger partial charge is 0.497 e. The van der Waals surface area contributed by atoms with Crippen LogP contribution in [0.15, 0.2) is 29.3 Å². The molecule has 1 saturated carbocycles. The van der Waals surface area contributed by atoms with Gasteiger partial charge in [-0.2, -0.15) is 0 Å². The second-order valence-electron chi connectivity index (χ2n) is 4.83. The summed E-state index contributed by atoms with van der Waals surface area (Å²) in [6.07, 6.45) is 1.68. The molecule has 0 radical (unpaired) electrons. The third-order valence-electron chi connectivity index (χ3n) is 3.36. The molecule has 19 heavy (non-hydrogen) atoms. The Hall–Kier alpha value is -1.75. The van der Waals surface area contributed by atoms with Crippen molar-refractivity contribution >= 4 is 5.96 Å². The van der Waals surface area contributed by atoms with Gasteiger partial charge in [0.1, 0.15) is 5.75 Å². The van der Waals surface area contributed by atoms with Crippen molar-refractivity contribution in [1.82, 2.24) is 4.90 Å². The number of methoxy groups -OCH3 is 1. The van der Waals surface area contributed by atoms with Gasteiger partial charge in [-0.1, -0.05) is 12.1 Å². The molecule has 0 amide bonds. The lowest BCUT2D eigenvalue weighted by Crippen LogP contribution is -2.36. The average molecular weight is 263 g/mol. The molecule has 104 valence electrons. The quantitative estimate of drug-likeness (QED) is 0.617. The number of hydrogen-bond acceptors (Lipinski definition) is 3. The fourth-order valence-corrected chi connectivity index (χ4v) is 1.89. The topological polar surface area (TPSA) is 71.1 Å². The highest BCUT2D eigenvalue weighted by molar-refractivity contribution is 5.78. The zero-order valence-corrected chi connectivity index (χ0v) is 11.4. The number of hydrogen-bond donors (Lipinski definition) is 2. The molecule has 0 saturated heterocycles. The SMILES string of the molecule is COc1cccc(C(O)CN=C(N)N(C)C2CC2)c1. The van der Waals surface area contributed by atoms with E-state index in [1.807, 2.05) is 30.1 Å². The maximum Gasteiger partial charge on any atom is 0.191 e. The molecule has 1 atom stereocenters. The molecule has 5 heteroatoms. The fraction of sp³-hybridized carbons (Fsp3) is 0.500. The second kappa shape index (κ2) is 5.93. The van der Waals surface area contributed by atoms with Crippen molar-refractivity contribution in [1.29, 1.82) is 0 Å². The van der Waals surface area contributed by atoms with Crippen molar-refractivity contribution in [2.75, 3.05) is 20.7 Å². The molecule has 1 aliphatic carbocycles. The van der Waals surface area contributed by atoms with Crippen molar-refractivity contribution in [3.05, 3.63) is 29.8 Å². The van der Waals surface area contributed by atoms with Gasteiger partial charge in [-0.3, -0.25) is 4.99 Å². The van der Waals surface area contributed by atoms with Gasteiger partial charge in [0.05, 0.1) is 19.8 Å². The molecule has 1 aromatic carbocycles. The van der Waals surface area contributed by atoms with E-state index < -0.39 is 6.10 Å². The monoisotopic (exact) mass is 263 g/mol. The van der Waals surface area contributed by atoms with Gasteiger partial charge in [0, 0.05) is 13.1 Å². The van der Waals surface area contributed by atoms with E-state index >= 15 is 0 Å². The molecule has 1 fully saturated rings. The molecule has 0 aliphatic heterocycles. The van der Waals surface area contributed by atoms with Crippen LogP contribution < -0.4 is 10.5 Å². The molecular weight excluding hydrogens is 242 g/mol. The summed E-state index contributed by atoms with van der Waals surface area (Å²) in [5.41, 5.74) is 6.66. The lowest BCUT2D eigenvalue weighted by molar-refractivity contribution is 0.186. The van der Waals surface area contributed by atoms with Gasteiger partial charge in [0.15, 0.2) is 5.96 Å². The number of rotatable bonds is 5. The van der Waals surface area contributed by atoms with Crippen molar-refractivity contribution in [3.8, 4) is 5.75 Å². The zero-order valence-electron chi connectivity index (χ0n) is 11.4. The average Bonchev–Trinajstić information content (AvgIpc) is 3.28.